The molecular weight excluding hydrogens is 212 g/mol. The molecule has 6 heteroatoms. The number of nitro benzene ring substituents is 1. The summed E-state index contributed by atoms with van der Waals surface area (Å²) >= 11 is 0. The van der Waals surface area contributed by atoms with Gasteiger partial charge in [0.05, 0.1) is 4.92 Å². The fourth-order valence-electron chi connectivity index (χ4n) is 1.37. The van der Waals surface area contributed by atoms with Crippen molar-refractivity contribution in [3.8, 4) is 0 Å². The van der Waals surface area contributed by atoms with E-state index in [2.05, 4.69) is 5.32 Å². The van der Waals surface area contributed by atoms with Crippen molar-refractivity contribution in [3.63, 3.8) is 0 Å². The summed E-state index contributed by atoms with van der Waals surface area (Å²) in [6.45, 7) is 1.73. The van der Waals surface area contributed by atoms with Gasteiger partial charge in [0.25, 0.3) is 5.69 Å². The second-order valence-corrected chi connectivity index (χ2v) is 3.48. The summed E-state index contributed by atoms with van der Waals surface area (Å²) in [5.41, 5.74) is 0.884. The maximum absolute atomic E-state index is 10.4. The second-order valence-electron chi connectivity index (χ2n) is 3.48. The minimum Gasteiger partial charge on any atom is -0.465 e. The predicted molar refractivity (Wildman–Crippen MR) is 57.4 cm³/mol. The SMILES string of the molecule is CC(Cc1ccc([N+](=O)[O-])cc1)NC(=O)O. The van der Waals surface area contributed by atoms with Crippen LogP contribution >= 0.6 is 0 Å². The minimum absolute atomic E-state index is 0.0302. The maximum atomic E-state index is 10.4. The van der Waals surface area contributed by atoms with Gasteiger partial charge in [-0.3, -0.25) is 10.1 Å². The van der Waals surface area contributed by atoms with Crippen LogP contribution in [-0.4, -0.2) is 22.2 Å². The van der Waals surface area contributed by atoms with Gasteiger partial charge in [0.1, 0.15) is 0 Å². The van der Waals surface area contributed by atoms with Crippen LogP contribution in [0.3, 0.4) is 0 Å². The highest BCUT2D eigenvalue weighted by molar-refractivity contribution is 5.64. The highest BCUT2D eigenvalue weighted by Crippen LogP contribution is 2.13. The summed E-state index contributed by atoms with van der Waals surface area (Å²) in [6.07, 6.45) is -0.570. The maximum Gasteiger partial charge on any atom is 0.404 e. The Morgan fingerprint density at radius 2 is 2.06 bits per heavy atom. The van der Waals surface area contributed by atoms with Crippen molar-refractivity contribution in [3.05, 3.63) is 39.9 Å². The van der Waals surface area contributed by atoms with Crippen molar-refractivity contribution in [1.29, 1.82) is 0 Å². The number of benzene rings is 1. The number of hydrogen-bond donors (Lipinski definition) is 2. The molecule has 0 saturated carbocycles. The van der Waals surface area contributed by atoms with E-state index < -0.39 is 11.0 Å². The molecule has 0 aliphatic heterocycles. The quantitative estimate of drug-likeness (QED) is 0.602. The van der Waals surface area contributed by atoms with E-state index in [-0.39, 0.29) is 11.7 Å². The summed E-state index contributed by atoms with van der Waals surface area (Å²) in [4.78, 5) is 20.3. The predicted octanol–water partition coefficient (Wildman–Crippen LogP) is 1.79. The smallest absolute Gasteiger partial charge is 0.404 e. The number of carboxylic acid groups (broad SMARTS) is 1. The fourth-order valence-corrected chi connectivity index (χ4v) is 1.37. The van der Waals surface area contributed by atoms with Crippen molar-refractivity contribution in [2.24, 2.45) is 0 Å². The number of hydrogen-bond acceptors (Lipinski definition) is 3. The molecule has 1 amide bonds. The van der Waals surface area contributed by atoms with Gasteiger partial charge in [-0.05, 0) is 18.9 Å². The molecule has 1 atom stereocenters. The molecule has 0 aromatic heterocycles. The largest absolute Gasteiger partial charge is 0.465 e. The van der Waals surface area contributed by atoms with Gasteiger partial charge in [-0.15, -0.1) is 0 Å². The first-order valence-electron chi connectivity index (χ1n) is 4.72. The van der Waals surface area contributed by atoms with E-state index in [0.717, 1.165) is 5.56 Å². The molecule has 1 rings (SSSR count). The second kappa shape index (κ2) is 5.11. The van der Waals surface area contributed by atoms with Crippen LogP contribution in [0.1, 0.15) is 12.5 Å². The molecule has 0 bridgehead atoms. The zero-order valence-corrected chi connectivity index (χ0v) is 8.71. The molecule has 1 unspecified atom stereocenters. The summed E-state index contributed by atoms with van der Waals surface area (Å²) in [5.74, 6) is 0. The van der Waals surface area contributed by atoms with E-state index in [1.165, 1.54) is 12.1 Å². The van der Waals surface area contributed by atoms with Gasteiger partial charge < -0.3 is 10.4 Å². The van der Waals surface area contributed by atoms with Gasteiger partial charge in [0.15, 0.2) is 0 Å². The van der Waals surface area contributed by atoms with E-state index in [4.69, 9.17) is 5.11 Å². The lowest BCUT2D eigenvalue weighted by atomic mass is 10.1. The topological polar surface area (TPSA) is 92.5 Å². The molecule has 0 radical (unpaired) electrons. The molecule has 0 aliphatic rings. The Morgan fingerprint density at radius 1 is 1.50 bits per heavy atom. The van der Waals surface area contributed by atoms with Gasteiger partial charge in [-0.2, -0.15) is 0 Å². The van der Waals surface area contributed by atoms with Gasteiger partial charge in [-0.1, -0.05) is 12.1 Å². The highest BCUT2D eigenvalue weighted by atomic mass is 16.6. The molecule has 0 spiro atoms. The normalized spacial score (nSPS) is 11.8. The van der Waals surface area contributed by atoms with E-state index in [1.54, 1.807) is 19.1 Å². The minimum atomic E-state index is -1.07. The van der Waals surface area contributed by atoms with Crippen LogP contribution in [-0.2, 0) is 6.42 Å². The molecular formula is C10H12N2O4. The van der Waals surface area contributed by atoms with Crippen LogP contribution in [0.4, 0.5) is 10.5 Å². The molecule has 86 valence electrons. The zero-order valence-electron chi connectivity index (χ0n) is 8.71. The van der Waals surface area contributed by atoms with Crippen molar-refractivity contribution in [2.75, 3.05) is 0 Å². The summed E-state index contributed by atoms with van der Waals surface area (Å²) in [6, 6.07) is 5.83. The third-order valence-electron chi connectivity index (χ3n) is 2.06. The van der Waals surface area contributed by atoms with Crippen LogP contribution in [0.15, 0.2) is 24.3 Å². The third kappa shape index (κ3) is 3.56. The average molecular weight is 224 g/mol. The van der Waals surface area contributed by atoms with Crippen LogP contribution in [0.25, 0.3) is 0 Å². The summed E-state index contributed by atoms with van der Waals surface area (Å²) in [7, 11) is 0. The van der Waals surface area contributed by atoms with Crippen molar-refractivity contribution in [2.45, 2.75) is 19.4 Å². The first kappa shape index (κ1) is 12.0. The van der Waals surface area contributed by atoms with Crippen LogP contribution < -0.4 is 5.32 Å². The molecule has 2 N–H and O–H groups in total. The first-order chi connectivity index (χ1) is 7.49. The van der Waals surface area contributed by atoms with E-state index in [1.807, 2.05) is 0 Å². The molecule has 0 fully saturated rings. The standard InChI is InChI=1S/C10H12N2O4/c1-7(11-10(13)14)6-8-2-4-9(5-3-8)12(15)16/h2-5,7,11H,6H2,1H3,(H,13,14). The number of non-ortho nitro benzene ring substituents is 1. The molecule has 6 nitrogen and oxygen atoms in total. The lowest BCUT2D eigenvalue weighted by Gasteiger charge is -2.10. The van der Waals surface area contributed by atoms with Gasteiger partial charge in [-0.25, -0.2) is 4.79 Å². The number of amides is 1. The summed E-state index contributed by atoms with van der Waals surface area (Å²) < 4.78 is 0. The Morgan fingerprint density at radius 3 is 2.50 bits per heavy atom. The summed E-state index contributed by atoms with van der Waals surface area (Å²) in [5, 5.41) is 21.2. The van der Waals surface area contributed by atoms with Gasteiger partial charge in [0, 0.05) is 18.2 Å². The Balaban J connectivity index is 2.61. The zero-order chi connectivity index (χ0) is 12.1. The van der Waals surface area contributed by atoms with Gasteiger partial charge in [0.2, 0.25) is 0 Å². The Hall–Kier alpha value is -2.11. The van der Waals surface area contributed by atoms with Crippen molar-refractivity contribution in [1.82, 2.24) is 5.32 Å². The Labute approximate surface area is 92.0 Å². The van der Waals surface area contributed by atoms with Crippen LogP contribution in [0.2, 0.25) is 0 Å². The number of nitrogens with zero attached hydrogens (tertiary/aromatic N) is 1. The van der Waals surface area contributed by atoms with E-state index >= 15 is 0 Å². The van der Waals surface area contributed by atoms with E-state index in [0.29, 0.717) is 6.42 Å². The molecule has 0 heterocycles. The molecule has 1 aromatic carbocycles. The lowest BCUT2D eigenvalue weighted by molar-refractivity contribution is -0.384. The third-order valence-corrected chi connectivity index (χ3v) is 2.06. The lowest BCUT2D eigenvalue weighted by Crippen LogP contribution is -2.32. The molecule has 16 heavy (non-hydrogen) atoms. The number of nitrogens with one attached hydrogen (secondary N) is 1. The number of rotatable bonds is 4. The monoisotopic (exact) mass is 224 g/mol. The van der Waals surface area contributed by atoms with Crippen molar-refractivity contribution < 1.29 is 14.8 Å². The van der Waals surface area contributed by atoms with Crippen LogP contribution in [0, 0.1) is 10.1 Å². The van der Waals surface area contributed by atoms with Gasteiger partial charge >= 0.3 is 6.09 Å². The van der Waals surface area contributed by atoms with Crippen LogP contribution in [0.5, 0.6) is 0 Å². The number of nitro groups is 1. The number of carbonyl (C=O) groups is 1. The van der Waals surface area contributed by atoms with Crippen molar-refractivity contribution >= 4 is 11.8 Å². The molecule has 0 saturated heterocycles. The molecule has 0 aliphatic carbocycles. The highest BCUT2D eigenvalue weighted by Gasteiger charge is 2.08. The first-order valence-corrected chi connectivity index (χ1v) is 4.72. The van der Waals surface area contributed by atoms with E-state index in [9.17, 15) is 14.9 Å². The Bertz CT molecular complexity index is 388. The fraction of sp³-hybridized carbons (Fsp3) is 0.300. The molecule has 1 aromatic rings. The average Bonchev–Trinajstić information content (AvgIpc) is 2.16. The Kier molecular flexibility index (Phi) is 3.82.